The Morgan fingerprint density at radius 3 is 2.88 bits per heavy atom. The van der Waals surface area contributed by atoms with Crippen LogP contribution < -0.4 is 5.73 Å². The molecule has 1 rings (SSSR count). The smallest absolute Gasteiger partial charge is 0.222 e. The van der Waals surface area contributed by atoms with Gasteiger partial charge in [0.25, 0.3) is 0 Å². The van der Waals surface area contributed by atoms with Crippen LogP contribution in [0.3, 0.4) is 0 Å². The molecule has 3 nitrogen and oxygen atoms in total. The molecule has 1 fully saturated rings. The van der Waals surface area contributed by atoms with Gasteiger partial charge >= 0.3 is 0 Å². The van der Waals surface area contributed by atoms with Gasteiger partial charge in [-0.25, -0.2) is 0 Å². The molecule has 1 amide bonds. The average Bonchev–Trinajstić information content (AvgIpc) is 2.38. The van der Waals surface area contributed by atoms with Crippen molar-refractivity contribution < 1.29 is 4.79 Å². The maximum atomic E-state index is 11.8. The van der Waals surface area contributed by atoms with Gasteiger partial charge in [0.1, 0.15) is 0 Å². The number of carbonyl (C=O) groups is 1. The lowest BCUT2D eigenvalue weighted by molar-refractivity contribution is -0.130. The van der Waals surface area contributed by atoms with E-state index in [1.165, 1.54) is 6.42 Å². The molecule has 16 heavy (non-hydrogen) atoms. The van der Waals surface area contributed by atoms with E-state index in [0.717, 1.165) is 45.2 Å². The molecule has 0 spiro atoms. The normalized spacial score (nSPS) is 24.3. The number of likely N-dealkylation sites (tertiary alicyclic amines) is 1. The molecule has 1 heterocycles. The third-order valence-corrected chi connectivity index (χ3v) is 3.43. The third kappa shape index (κ3) is 4.97. The molecule has 1 aliphatic rings. The van der Waals surface area contributed by atoms with Crippen molar-refractivity contribution in [2.75, 3.05) is 13.1 Å². The summed E-state index contributed by atoms with van der Waals surface area (Å²) in [6.45, 7) is 6.17. The van der Waals surface area contributed by atoms with E-state index >= 15 is 0 Å². The Labute approximate surface area is 99.4 Å². The van der Waals surface area contributed by atoms with Crippen molar-refractivity contribution in [2.24, 2.45) is 11.7 Å². The molecule has 1 aliphatic heterocycles. The van der Waals surface area contributed by atoms with Crippen LogP contribution in [-0.2, 0) is 4.79 Å². The summed E-state index contributed by atoms with van der Waals surface area (Å²) in [6.07, 6.45) is 6.28. The van der Waals surface area contributed by atoms with Crippen LogP contribution in [0.25, 0.3) is 0 Å². The zero-order valence-electron chi connectivity index (χ0n) is 10.7. The second kappa shape index (κ2) is 6.89. The highest BCUT2D eigenvalue weighted by Crippen LogP contribution is 2.17. The van der Waals surface area contributed by atoms with Crippen LogP contribution in [0.5, 0.6) is 0 Å². The van der Waals surface area contributed by atoms with Crippen molar-refractivity contribution >= 4 is 5.91 Å². The summed E-state index contributed by atoms with van der Waals surface area (Å²) in [4.78, 5) is 13.8. The van der Waals surface area contributed by atoms with Gasteiger partial charge in [-0.15, -0.1) is 0 Å². The maximum Gasteiger partial charge on any atom is 0.222 e. The van der Waals surface area contributed by atoms with Gasteiger partial charge in [0.05, 0.1) is 0 Å². The molecule has 3 heteroatoms. The number of carbonyl (C=O) groups excluding carboxylic acids is 1. The first-order valence-electron chi connectivity index (χ1n) is 6.63. The molecule has 1 saturated heterocycles. The molecule has 94 valence electrons. The summed E-state index contributed by atoms with van der Waals surface area (Å²) in [5.74, 6) is 1.06. The van der Waals surface area contributed by atoms with Crippen molar-refractivity contribution in [3.8, 4) is 0 Å². The second-order valence-electron chi connectivity index (χ2n) is 5.29. The third-order valence-electron chi connectivity index (χ3n) is 3.43. The Hall–Kier alpha value is -0.570. The van der Waals surface area contributed by atoms with Crippen LogP contribution in [0.4, 0.5) is 0 Å². The summed E-state index contributed by atoms with van der Waals surface area (Å²) in [7, 11) is 0. The molecule has 0 aromatic heterocycles. The van der Waals surface area contributed by atoms with Gasteiger partial charge < -0.3 is 10.6 Å². The Bertz CT molecular complexity index is 216. The standard InChI is InChI=1S/C13H26N2O/c1-11-6-7-13(16)15(10-8-11)9-4-3-5-12(2)14/h11-12H,3-10,14H2,1-2H3. The Morgan fingerprint density at radius 1 is 1.44 bits per heavy atom. The quantitative estimate of drug-likeness (QED) is 0.730. The highest BCUT2D eigenvalue weighted by molar-refractivity contribution is 5.76. The lowest BCUT2D eigenvalue weighted by Crippen LogP contribution is -2.31. The van der Waals surface area contributed by atoms with Crippen molar-refractivity contribution in [3.63, 3.8) is 0 Å². The molecular weight excluding hydrogens is 200 g/mol. The lowest BCUT2D eigenvalue weighted by atomic mass is 10.0. The molecule has 2 atom stereocenters. The van der Waals surface area contributed by atoms with Gasteiger partial charge in [-0.2, -0.15) is 0 Å². The van der Waals surface area contributed by atoms with Crippen molar-refractivity contribution in [1.82, 2.24) is 4.90 Å². The number of rotatable bonds is 5. The first-order chi connectivity index (χ1) is 7.59. The highest BCUT2D eigenvalue weighted by Gasteiger charge is 2.19. The molecule has 0 saturated carbocycles. The van der Waals surface area contributed by atoms with Gasteiger partial charge in [-0.1, -0.05) is 13.3 Å². The molecule has 0 aromatic carbocycles. The Morgan fingerprint density at radius 2 is 2.19 bits per heavy atom. The molecule has 0 bridgehead atoms. The fourth-order valence-electron chi connectivity index (χ4n) is 2.18. The van der Waals surface area contributed by atoms with E-state index in [9.17, 15) is 4.79 Å². The van der Waals surface area contributed by atoms with Gasteiger partial charge in [-0.05, 0) is 38.5 Å². The van der Waals surface area contributed by atoms with E-state index < -0.39 is 0 Å². The minimum Gasteiger partial charge on any atom is -0.343 e. The highest BCUT2D eigenvalue weighted by atomic mass is 16.2. The molecule has 0 aliphatic carbocycles. The van der Waals surface area contributed by atoms with Gasteiger partial charge in [0, 0.05) is 25.6 Å². The van der Waals surface area contributed by atoms with Crippen LogP contribution in [0, 0.1) is 5.92 Å². The van der Waals surface area contributed by atoms with Crippen LogP contribution in [0.2, 0.25) is 0 Å². The number of unbranched alkanes of at least 4 members (excludes halogenated alkanes) is 1. The SMILES string of the molecule is CC(N)CCCCN1CCC(C)CCC1=O. The first kappa shape index (κ1) is 13.5. The largest absolute Gasteiger partial charge is 0.343 e. The average molecular weight is 226 g/mol. The van der Waals surface area contributed by atoms with E-state index in [1.54, 1.807) is 0 Å². The zero-order chi connectivity index (χ0) is 12.0. The van der Waals surface area contributed by atoms with Gasteiger partial charge in [0.15, 0.2) is 0 Å². The zero-order valence-corrected chi connectivity index (χ0v) is 10.7. The summed E-state index contributed by atoms with van der Waals surface area (Å²) < 4.78 is 0. The molecule has 2 unspecified atom stereocenters. The van der Waals surface area contributed by atoms with E-state index in [0.29, 0.717) is 17.9 Å². The number of hydrogen-bond donors (Lipinski definition) is 1. The maximum absolute atomic E-state index is 11.8. The van der Waals surface area contributed by atoms with Crippen LogP contribution >= 0.6 is 0 Å². The van der Waals surface area contributed by atoms with Crippen molar-refractivity contribution in [1.29, 1.82) is 0 Å². The number of nitrogens with zero attached hydrogens (tertiary/aromatic N) is 1. The molecule has 0 radical (unpaired) electrons. The van der Waals surface area contributed by atoms with E-state index in [4.69, 9.17) is 5.73 Å². The summed E-state index contributed by atoms with van der Waals surface area (Å²) in [5.41, 5.74) is 5.70. The second-order valence-corrected chi connectivity index (χ2v) is 5.29. The van der Waals surface area contributed by atoms with E-state index in [-0.39, 0.29) is 0 Å². The fourth-order valence-corrected chi connectivity index (χ4v) is 2.18. The lowest BCUT2D eigenvalue weighted by Gasteiger charge is -2.20. The predicted molar refractivity (Wildman–Crippen MR) is 67.1 cm³/mol. The summed E-state index contributed by atoms with van der Waals surface area (Å²) in [6, 6.07) is 0.292. The number of amides is 1. The molecule has 0 aromatic rings. The van der Waals surface area contributed by atoms with E-state index in [1.807, 2.05) is 11.8 Å². The van der Waals surface area contributed by atoms with Crippen molar-refractivity contribution in [3.05, 3.63) is 0 Å². The number of nitrogens with two attached hydrogens (primary N) is 1. The van der Waals surface area contributed by atoms with Crippen LogP contribution in [0.15, 0.2) is 0 Å². The Kier molecular flexibility index (Phi) is 5.81. The van der Waals surface area contributed by atoms with Crippen LogP contribution in [0.1, 0.15) is 52.4 Å². The molecule has 2 N–H and O–H groups in total. The van der Waals surface area contributed by atoms with Crippen molar-refractivity contribution in [2.45, 2.75) is 58.4 Å². The summed E-state index contributed by atoms with van der Waals surface area (Å²) >= 11 is 0. The summed E-state index contributed by atoms with van der Waals surface area (Å²) in [5, 5.41) is 0. The van der Waals surface area contributed by atoms with Gasteiger partial charge in [0.2, 0.25) is 5.91 Å². The first-order valence-corrected chi connectivity index (χ1v) is 6.63. The molecular formula is C13H26N2O. The minimum absolute atomic E-state index is 0.292. The number of hydrogen-bond acceptors (Lipinski definition) is 2. The van der Waals surface area contributed by atoms with Gasteiger partial charge in [-0.3, -0.25) is 4.79 Å². The fraction of sp³-hybridized carbons (Fsp3) is 0.923. The topological polar surface area (TPSA) is 46.3 Å². The predicted octanol–water partition coefficient (Wildman–Crippen LogP) is 2.15. The minimum atomic E-state index is 0.292. The van der Waals surface area contributed by atoms with Crippen LogP contribution in [-0.4, -0.2) is 29.9 Å². The monoisotopic (exact) mass is 226 g/mol. The van der Waals surface area contributed by atoms with E-state index in [2.05, 4.69) is 6.92 Å². The Balaban J connectivity index is 2.21.